The maximum Gasteiger partial charge on any atom is 0.121 e. The second-order valence-corrected chi connectivity index (χ2v) is 3.77. The summed E-state index contributed by atoms with van der Waals surface area (Å²) in [5.74, 6) is 0.392. The highest BCUT2D eigenvalue weighted by molar-refractivity contribution is 5.42. The molecule has 0 radical (unpaired) electrons. The highest BCUT2D eigenvalue weighted by Crippen LogP contribution is 2.24. The predicted octanol–water partition coefficient (Wildman–Crippen LogP) is 1.90. The molecule has 2 nitrogen and oxygen atoms in total. The molecule has 1 aromatic rings. The molecule has 0 saturated carbocycles. The van der Waals surface area contributed by atoms with Gasteiger partial charge in [-0.15, -0.1) is 0 Å². The van der Waals surface area contributed by atoms with Crippen LogP contribution in [-0.2, 0) is 6.42 Å². The number of phenols is 1. The Bertz CT molecular complexity index is 305. The van der Waals surface area contributed by atoms with E-state index >= 15 is 0 Å². The summed E-state index contributed by atoms with van der Waals surface area (Å²) in [7, 11) is 0. The average Bonchev–Trinajstić information content (AvgIpc) is 1.98. The van der Waals surface area contributed by atoms with Crippen LogP contribution in [0, 0.1) is 13.8 Å². The molecule has 0 saturated heterocycles. The van der Waals surface area contributed by atoms with E-state index in [0.717, 1.165) is 17.5 Å². The molecule has 0 bridgehead atoms. The molecular weight excluding hydrogens is 162 g/mol. The van der Waals surface area contributed by atoms with Crippen LogP contribution in [0.5, 0.6) is 5.75 Å². The fourth-order valence-corrected chi connectivity index (χ4v) is 1.55. The minimum atomic E-state index is 0.0899. The van der Waals surface area contributed by atoms with Crippen molar-refractivity contribution in [3.8, 4) is 5.75 Å². The second-order valence-electron chi connectivity index (χ2n) is 3.77. The SMILES string of the molecule is Cc1cc(C)c(O)c(CC(C)N)c1. The van der Waals surface area contributed by atoms with E-state index in [1.807, 2.05) is 32.9 Å². The smallest absolute Gasteiger partial charge is 0.121 e. The average molecular weight is 179 g/mol. The van der Waals surface area contributed by atoms with E-state index < -0.39 is 0 Å². The van der Waals surface area contributed by atoms with Crippen LogP contribution in [0.3, 0.4) is 0 Å². The summed E-state index contributed by atoms with van der Waals surface area (Å²) in [6, 6.07) is 4.05. The van der Waals surface area contributed by atoms with Crippen molar-refractivity contribution in [1.82, 2.24) is 0 Å². The van der Waals surface area contributed by atoms with E-state index in [-0.39, 0.29) is 6.04 Å². The van der Waals surface area contributed by atoms with Gasteiger partial charge in [-0.2, -0.15) is 0 Å². The van der Waals surface area contributed by atoms with Crippen molar-refractivity contribution in [1.29, 1.82) is 0 Å². The predicted molar refractivity (Wildman–Crippen MR) is 54.9 cm³/mol. The van der Waals surface area contributed by atoms with Gasteiger partial charge in [-0.25, -0.2) is 0 Å². The summed E-state index contributed by atoms with van der Waals surface area (Å²) in [6.07, 6.45) is 0.731. The number of hydrogen-bond acceptors (Lipinski definition) is 2. The molecule has 1 atom stereocenters. The first kappa shape index (κ1) is 10.1. The van der Waals surface area contributed by atoms with Gasteiger partial charge in [-0.3, -0.25) is 0 Å². The van der Waals surface area contributed by atoms with Gasteiger partial charge in [0.05, 0.1) is 0 Å². The number of hydrogen-bond donors (Lipinski definition) is 2. The van der Waals surface area contributed by atoms with Gasteiger partial charge >= 0.3 is 0 Å². The summed E-state index contributed by atoms with van der Waals surface area (Å²) in [5.41, 5.74) is 8.73. The van der Waals surface area contributed by atoms with E-state index in [1.54, 1.807) is 0 Å². The molecule has 72 valence electrons. The van der Waals surface area contributed by atoms with Crippen molar-refractivity contribution in [2.45, 2.75) is 33.2 Å². The Morgan fingerprint density at radius 2 is 2.00 bits per heavy atom. The van der Waals surface area contributed by atoms with Crippen LogP contribution in [0.15, 0.2) is 12.1 Å². The highest BCUT2D eigenvalue weighted by Gasteiger charge is 2.06. The van der Waals surface area contributed by atoms with Crippen molar-refractivity contribution in [2.24, 2.45) is 5.73 Å². The van der Waals surface area contributed by atoms with Gasteiger partial charge in [0, 0.05) is 6.04 Å². The van der Waals surface area contributed by atoms with Gasteiger partial charge < -0.3 is 10.8 Å². The van der Waals surface area contributed by atoms with Gasteiger partial charge in [0.25, 0.3) is 0 Å². The highest BCUT2D eigenvalue weighted by atomic mass is 16.3. The summed E-state index contributed by atoms with van der Waals surface area (Å²) in [6.45, 7) is 5.88. The Hall–Kier alpha value is -1.02. The summed E-state index contributed by atoms with van der Waals surface area (Å²) >= 11 is 0. The molecule has 1 unspecified atom stereocenters. The lowest BCUT2D eigenvalue weighted by atomic mass is 10.0. The monoisotopic (exact) mass is 179 g/mol. The Kier molecular flexibility index (Phi) is 2.94. The third-order valence-electron chi connectivity index (χ3n) is 2.07. The van der Waals surface area contributed by atoms with Crippen LogP contribution in [0.1, 0.15) is 23.6 Å². The lowest BCUT2D eigenvalue weighted by molar-refractivity contribution is 0.461. The van der Waals surface area contributed by atoms with Crippen LogP contribution in [-0.4, -0.2) is 11.1 Å². The van der Waals surface area contributed by atoms with Gasteiger partial charge in [0.15, 0.2) is 0 Å². The van der Waals surface area contributed by atoms with Crippen LogP contribution < -0.4 is 5.73 Å². The molecule has 0 spiro atoms. The van der Waals surface area contributed by atoms with Crippen molar-refractivity contribution >= 4 is 0 Å². The number of aryl methyl sites for hydroxylation is 2. The minimum absolute atomic E-state index is 0.0899. The standard InChI is InChI=1S/C11H17NO/c1-7-4-8(2)11(13)10(5-7)6-9(3)12/h4-5,9,13H,6,12H2,1-3H3. The third kappa shape index (κ3) is 2.46. The van der Waals surface area contributed by atoms with E-state index in [4.69, 9.17) is 5.73 Å². The second kappa shape index (κ2) is 3.79. The fourth-order valence-electron chi connectivity index (χ4n) is 1.55. The molecule has 0 aliphatic rings. The molecule has 13 heavy (non-hydrogen) atoms. The summed E-state index contributed by atoms with van der Waals surface area (Å²) in [4.78, 5) is 0. The lowest BCUT2D eigenvalue weighted by Crippen LogP contribution is -2.18. The minimum Gasteiger partial charge on any atom is -0.507 e. The van der Waals surface area contributed by atoms with Crippen LogP contribution in [0.25, 0.3) is 0 Å². The number of rotatable bonds is 2. The number of phenolic OH excluding ortho intramolecular Hbond substituents is 1. The molecule has 2 heteroatoms. The molecule has 0 aliphatic carbocycles. The van der Waals surface area contributed by atoms with Crippen LogP contribution >= 0.6 is 0 Å². The summed E-state index contributed by atoms with van der Waals surface area (Å²) in [5, 5.41) is 9.72. The zero-order valence-corrected chi connectivity index (χ0v) is 8.46. The Morgan fingerprint density at radius 3 is 2.54 bits per heavy atom. The molecule has 0 aliphatic heterocycles. The molecule has 0 aromatic heterocycles. The quantitative estimate of drug-likeness (QED) is 0.728. The Balaban J connectivity index is 3.05. The van der Waals surface area contributed by atoms with Gasteiger partial charge in [0.2, 0.25) is 0 Å². The van der Waals surface area contributed by atoms with E-state index in [0.29, 0.717) is 5.75 Å². The topological polar surface area (TPSA) is 46.2 Å². The number of benzene rings is 1. The first-order valence-electron chi connectivity index (χ1n) is 4.55. The van der Waals surface area contributed by atoms with Gasteiger partial charge in [-0.05, 0) is 38.3 Å². The maximum atomic E-state index is 9.72. The van der Waals surface area contributed by atoms with Crippen LogP contribution in [0.4, 0.5) is 0 Å². The Labute approximate surface area is 79.4 Å². The Morgan fingerprint density at radius 1 is 1.38 bits per heavy atom. The molecule has 3 N–H and O–H groups in total. The van der Waals surface area contributed by atoms with E-state index in [1.165, 1.54) is 5.56 Å². The van der Waals surface area contributed by atoms with Crippen molar-refractivity contribution in [3.05, 3.63) is 28.8 Å². The lowest BCUT2D eigenvalue weighted by Gasteiger charge is -2.10. The summed E-state index contributed by atoms with van der Waals surface area (Å²) < 4.78 is 0. The first-order valence-corrected chi connectivity index (χ1v) is 4.55. The third-order valence-corrected chi connectivity index (χ3v) is 2.07. The van der Waals surface area contributed by atoms with Crippen molar-refractivity contribution in [3.63, 3.8) is 0 Å². The molecule has 0 amide bonds. The van der Waals surface area contributed by atoms with Gasteiger partial charge in [0.1, 0.15) is 5.75 Å². The van der Waals surface area contributed by atoms with Crippen LogP contribution in [0.2, 0.25) is 0 Å². The molecular formula is C11H17NO. The first-order chi connectivity index (χ1) is 6.00. The number of aromatic hydroxyl groups is 1. The zero-order chi connectivity index (χ0) is 10.0. The van der Waals surface area contributed by atoms with Crippen molar-refractivity contribution < 1.29 is 5.11 Å². The number of nitrogens with two attached hydrogens (primary N) is 1. The van der Waals surface area contributed by atoms with E-state index in [9.17, 15) is 5.11 Å². The fraction of sp³-hybridized carbons (Fsp3) is 0.455. The molecule has 0 fully saturated rings. The van der Waals surface area contributed by atoms with Crippen molar-refractivity contribution in [2.75, 3.05) is 0 Å². The van der Waals surface area contributed by atoms with Gasteiger partial charge in [-0.1, -0.05) is 17.7 Å². The normalized spacial score (nSPS) is 12.9. The molecule has 0 heterocycles. The van der Waals surface area contributed by atoms with E-state index in [2.05, 4.69) is 0 Å². The molecule has 1 aromatic carbocycles. The molecule has 1 rings (SSSR count). The maximum absolute atomic E-state index is 9.72. The largest absolute Gasteiger partial charge is 0.507 e. The zero-order valence-electron chi connectivity index (χ0n) is 8.46.